The second kappa shape index (κ2) is 7.83. The van der Waals surface area contributed by atoms with E-state index in [-0.39, 0.29) is 23.1 Å². The van der Waals surface area contributed by atoms with Gasteiger partial charge in [-0.1, -0.05) is 6.07 Å². The molecule has 6 nitrogen and oxygen atoms in total. The molecular weight excluding hydrogens is 330 g/mol. The molecule has 0 bridgehead atoms. The molecule has 2 aromatic heterocycles. The molecular formula is C20H25N3O3. The summed E-state index contributed by atoms with van der Waals surface area (Å²) in [6.45, 7) is 5.22. The molecule has 138 valence electrons. The summed E-state index contributed by atoms with van der Waals surface area (Å²) in [5, 5.41) is 0. The van der Waals surface area contributed by atoms with E-state index in [0.717, 1.165) is 30.8 Å². The molecule has 0 radical (unpaired) electrons. The van der Waals surface area contributed by atoms with Crippen molar-refractivity contribution in [3.05, 3.63) is 63.3 Å². The van der Waals surface area contributed by atoms with Gasteiger partial charge in [0.05, 0.1) is 18.3 Å². The van der Waals surface area contributed by atoms with Gasteiger partial charge in [0.2, 0.25) is 0 Å². The fourth-order valence-electron chi connectivity index (χ4n) is 3.34. The van der Waals surface area contributed by atoms with Crippen molar-refractivity contribution in [1.29, 1.82) is 0 Å². The van der Waals surface area contributed by atoms with E-state index in [1.54, 1.807) is 18.1 Å². The summed E-state index contributed by atoms with van der Waals surface area (Å²) in [7, 11) is 1.69. The molecule has 0 aromatic carbocycles. The maximum atomic E-state index is 13.3. The van der Waals surface area contributed by atoms with Crippen molar-refractivity contribution in [3.63, 3.8) is 0 Å². The van der Waals surface area contributed by atoms with Gasteiger partial charge in [0.15, 0.2) is 0 Å². The van der Waals surface area contributed by atoms with Crippen LogP contribution < -0.4 is 5.56 Å². The third kappa shape index (κ3) is 3.85. The van der Waals surface area contributed by atoms with Crippen molar-refractivity contribution in [2.75, 3.05) is 13.2 Å². The summed E-state index contributed by atoms with van der Waals surface area (Å²) < 4.78 is 7.23. The number of hydrogen-bond donors (Lipinski definition) is 0. The first-order valence-corrected chi connectivity index (χ1v) is 8.95. The summed E-state index contributed by atoms with van der Waals surface area (Å²) in [4.78, 5) is 32.0. The van der Waals surface area contributed by atoms with Crippen molar-refractivity contribution < 1.29 is 9.53 Å². The lowest BCUT2D eigenvalue weighted by atomic mass is 10.1. The highest BCUT2D eigenvalue weighted by Gasteiger charge is 2.27. The van der Waals surface area contributed by atoms with Crippen LogP contribution in [0.4, 0.5) is 0 Å². The minimum absolute atomic E-state index is 0.0114. The zero-order chi connectivity index (χ0) is 18.7. The maximum Gasteiger partial charge on any atom is 0.263 e. The van der Waals surface area contributed by atoms with Crippen LogP contribution in [0.1, 0.15) is 40.2 Å². The molecule has 1 amide bonds. The molecule has 1 fully saturated rings. The van der Waals surface area contributed by atoms with Crippen molar-refractivity contribution in [2.45, 2.75) is 39.3 Å². The second-order valence-electron chi connectivity index (χ2n) is 6.85. The second-order valence-corrected chi connectivity index (χ2v) is 6.85. The number of amides is 1. The van der Waals surface area contributed by atoms with Gasteiger partial charge >= 0.3 is 0 Å². The van der Waals surface area contributed by atoms with E-state index in [0.29, 0.717) is 18.7 Å². The van der Waals surface area contributed by atoms with Crippen LogP contribution in [-0.2, 0) is 18.3 Å². The molecule has 1 unspecified atom stereocenters. The van der Waals surface area contributed by atoms with E-state index in [1.165, 1.54) is 4.57 Å². The predicted molar refractivity (Wildman–Crippen MR) is 99.1 cm³/mol. The molecule has 1 atom stereocenters. The van der Waals surface area contributed by atoms with Gasteiger partial charge < -0.3 is 14.2 Å². The quantitative estimate of drug-likeness (QED) is 0.825. The van der Waals surface area contributed by atoms with Gasteiger partial charge in [-0.2, -0.15) is 0 Å². The Kier molecular flexibility index (Phi) is 5.52. The van der Waals surface area contributed by atoms with Gasteiger partial charge in [-0.05, 0) is 50.5 Å². The lowest BCUT2D eigenvalue weighted by molar-refractivity contribution is 0.0502. The molecule has 1 saturated heterocycles. The van der Waals surface area contributed by atoms with Gasteiger partial charge in [0.1, 0.15) is 5.56 Å². The highest BCUT2D eigenvalue weighted by molar-refractivity contribution is 5.95. The first kappa shape index (κ1) is 18.3. The largest absolute Gasteiger partial charge is 0.376 e. The van der Waals surface area contributed by atoms with Crippen molar-refractivity contribution >= 4 is 5.91 Å². The molecule has 3 rings (SSSR count). The van der Waals surface area contributed by atoms with Gasteiger partial charge in [-0.25, -0.2) is 0 Å². The number of carbonyl (C=O) groups excluding carboxylic acids is 1. The standard InChI is InChI=1S/C20H25N3O3/c1-14-11-15(2)22(3)19(24)18(14)20(25)23(13-17-8-6-10-26-17)12-16-7-4-5-9-21-16/h4-5,7,9,11,17H,6,8,10,12-13H2,1-3H3. The Morgan fingerprint density at radius 3 is 2.85 bits per heavy atom. The van der Waals surface area contributed by atoms with Gasteiger partial charge in [-0.15, -0.1) is 0 Å². The van der Waals surface area contributed by atoms with Crippen LogP contribution in [0.15, 0.2) is 35.3 Å². The Morgan fingerprint density at radius 1 is 1.38 bits per heavy atom. The molecule has 1 aliphatic rings. The number of aromatic nitrogens is 2. The summed E-state index contributed by atoms with van der Waals surface area (Å²) in [5.41, 5.74) is 2.30. The van der Waals surface area contributed by atoms with E-state index < -0.39 is 0 Å². The Bertz CT molecular complexity index is 839. The highest BCUT2D eigenvalue weighted by Crippen LogP contribution is 2.17. The molecule has 0 spiro atoms. The molecule has 0 saturated carbocycles. The van der Waals surface area contributed by atoms with Crippen LogP contribution in [0.5, 0.6) is 0 Å². The highest BCUT2D eigenvalue weighted by atomic mass is 16.5. The number of hydrogen-bond acceptors (Lipinski definition) is 4. The number of aryl methyl sites for hydroxylation is 2. The van der Waals surface area contributed by atoms with Crippen LogP contribution in [0, 0.1) is 13.8 Å². The van der Waals surface area contributed by atoms with Crippen LogP contribution in [0.25, 0.3) is 0 Å². The van der Waals surface area contributed by atoms with E-state index in [1.807, 2.05) is 38.1 Å². The number of ether oxygens (including phenoxy) is 1. The summed E-state index contributed by atoms with van der Waals surface area (Å²) in [6.07, 6.45) is 3.65. The zero-order valence-corrected chi connectivity index (χ0v) is 15.6. The van der Waals surface area contributed by atoms with E-state index in [9.17, 15) is 9.59 Å². The van der Waals surface area contributed by atoms with Gasteiger partial charge in [0.25, 0.3) is 11.5 Å². The average molecular weight is 355 g/mol. The number of pyridine rings is 2. The molecule has 26 heavy (non-hydrogen) atoms. The first-order chi connectivity index (χ1) is 12.5. The topological polar surface area (TPSA) is 64.4 Å². The Hall–Kier alpha value is -2.47. The van der Waals surface area contributed by atoms with E-state index in [2.05, 4.69) is 4.98 Å². The molecule has 6 heteroatoms. The third-order valence-electron chi connectivity index (χ3n) is 4.90. The van der Waals surface area contributed by atoms with Crippen LogP contribution >= 0.6 is 0 Å². The average Bonchev–Trinajstić information content (AvgIpc) is 3.13. The molecule has 1 aliphatic heterocycles. The Labute approximate surface area is 153 Å². The van der Waals surface area contributed by atoms with Crippen LogP contribution in [0.3, 0.4) is 0 Å². The summed E-state index contributed by atoms with van der Waals surface area (Å²) in [5.74, 6) is -0.260. The number of rotatable bonds is 5. The minimum Gasteiger partial charge on any atom is -0.376 e. The number of nitrogens with zero attached hydrogens (tertiary/aromatic N) is 3. The van der Waals surface area contributed by atoms with Crippen LogP contribution in [-0.4, -0.2) is 39.6 Å². The summed E-state index contributed by atoms with van der Waals surface area (Å²) >= 11 is 0. The van der Waals surface area contributed by atoms with Gasteiger partial charge in [-0.3, -0.25) is 14.6 Å². The zero-order valence-electron chi connectivity index (χ0n) is 15.6. The lowest BCUT2D eigenvalue weighted by Crippen LogP contribution is -2.41. The fourth-order valence-corrected chi connectivity index (χ4v) is 3.34. The SMILES string of the molecule is Cc1cc(C)n(C)c(=O)c1C(=O)N(Cc1ccccn1)CC1CCCO1. The lowest BCUT2D eigenvalue weighted by Gasteiger charge is -2.26. The molecule has 2 aromatic rings. The van der Waals surface area contributed by atoms with Crippen molar-refractivity contribution in [2.24, 2.45) is 7.05 Å². The Balaban J connectivity index is 1.94. The molecule has 0 N–H and O–H groups in total. The monoisotopic (exact) mass is 355 g/mol. The fraction of sp³-hybridized carbons (Fsp3) is 0.450. The summed E-state index contributed by atoms with van der Waals surface area (Å²) in [6, 6.07) is 7.50. The van der Waals surface area contributed by atoms with Crippen molar-refractivity contribution in [3.8, 4) is 0 Å². The minimum atomic E-state index is -0.260. The number of carbonyl (C=O) groups is 1. The Morgan fingerprint density at radius 2 is 2.19 bits per heavy atom. The maximum absolute atomic E-state index is 13.3. The molecule has 3 heterocycles. The van der Waals surface area contributed by atoms with Crippen LogP contribution in [0.2, 0.25) is 0 Å². The van der Waals surface area contributed by atoms with E-state index in [4.69, 9.17) is 4.74 Å². The van der Waals surface area contributed by atoms with E-state index >= 15 is 0 Å². The normalized spacial score (nSPS) is 16.7. The molecule has 0 aliphatic carbocycles. The predicted octanol–water partition coefficient (Wildman–Crippen LogP) is 2.22. The van der Waals surface area contributed by atoms with Crippen molar-refractivity contribution in [1.82, 2.24) is 14.5 Å². The van der Waals surface area contributed by atoms with Gasteiger partial charge in [0, 0.05) is 32.1 Å². The third-order valence-corrected chi connectivity index (χ3v) is 4.90. The smallest absolute Gasteiger partial charge is 0.263 e. The first-order valence-electron chi connectivity index (χ1n) is 8.95.